The molecule has 0 spiro atoms. The average molecular weight is 184 g/mol. The van der Waals surface area contributed by atoms with Crippen molar-refractivity contribution in [1.29, 1.82) is 0 Å². The molecular weight excluding hydrogens is 164 g/mol. The molecule has 1 aliphatic rings. The number of ether oxygens (including phenoxy) is 1. The van der Waals surface area contributed by atoms with Crippen LogP contribution in [0.25, 0.3) is 0 Å². The van der Waals surface area contributed by atoms with E-state index < -0.39 is 0 Å². The fourth-order valence-electron chi connectivity index (χ4n) is 1.76. The highest BCUT2D eigenvalue weighted by Crippen LogP contribution is 2.25. The normalized spacial score (nSPS) is 18.4. The van der Waals surface area contributed by atoms with Crippen molar-refractivity contribution in [3.8, 4) is 0 Å². The van der Waals surface area contributed by atoms with Crippen molar-refractivity contribution in [3.63, 3.8) is 0 Å². The number of Topliss-reactive ketones (excluding diaryl/α,β-unsaturated/α-hetero) is 1. The molecule has 0 aromatic carbocycles. The van der Waals surface area contributed by atoms with Crippen molar-refractivity contribution in [3.05, 3.63) is 0 Å². The molecule has 13 heavy (non-hydrogen) atoms. The summed E-state index contributed by atoms with van der Waals surface area (Å²) in [4.78, 5) is 11.5. The summed E-state index contributed by atoms with van der Waals surface area (Å²) in [5.74, 6) is 1.15. The van der Waals surface area contributed by atoms with Gasteiger partial charge in [0.2, 0.25) is 0 Å². The standard InChI is InChI=1S/C11H20O2/c1-9(2)7-13-8-11(12)10-5-3-4-6-10/h9-10H,3-8H2,1-2H3. The second kappa shape index (κ2) is 5.38. The first-order valence-corrected chi connectivity index (χ1v) is 5.30. The number of rotatable bonds is 5. The van der Waals surface area contributed by atoms with Crippen molar-refractivity contribution < 1.29 is 9.53 Å². The lowest BCUT2D eigenvalue weighted by Crippen LogP contribution is -2.18. The SMILES string of the molecule is CC(C)COCC(=O)C1CCCC1. The van der Waals surface area contributed by atoms with Gasteiger partial charge in [-0.3, -0.25) is 4.79 Å². The maximum atomic E-state index is 11.5. The van der Waals surface area contributed by atoms with E-state index in [9.17, 15) is 4.79 Å². The Morgan fingerprint density at radius 2 is 2.00 bits per heavy atom. The fourth-order valence-corrected chi connectivity index (χ4v) is 1.76. The van der Waals surface area contributed by atoms with Gasteiger partial charge >= 0.3 is 0 Å². The highest BCUT2D eigenvalue weighted by atomic mass is 16.5. The monoisotopic (exact) mass is 184 g/mol. The van der Waals surface area contributed by atoms with Crippen molar-refractivity contribution in [2.24, 2.45) is 11.8 Å². The third-order valence-electron chi connectivity index (χ3n) is 2.51. The summed E-state index contributed by atoms with van der Waals surface area (Å²) in [5.41, 5.74) is 0. The molecule has 0 atom stereocenters. The fraction of sp³-hybridized carbons (Fsp3) is 0.909. The van der Waals surface area contributed by atoms with Crippen LogP contribution in [0.1, 0.15) is 39.5 Å². The molecule has 0 aliphatic heterocycles. The second-order valence-electron chi connectivity index (χ2n) is 4.36. The third kappa shape index (κ3) is 3.90. The number of hydrogen-bond acceptors (Lipinski definition) is 2. The van der Waals surface area contributed by atoms with Gasteiger partial charge in [-0.1, -0.05) is 26.7 Å². The highest BCUT2D eigenvalue weighted by molar-refractivity contribution is 5.82. The second-order valence-corrected chi connectivity index (χ2v) is 4.36. The lowest BCUT2D eigenvalue weighted by molar-refractivity contribution is -0.127. The first-order chi connectivity index (χ1) is 6.20. The van der Waals surface area contributed by atoms with E-state index >= 15 is 0 Å². The van der Waals surface area contributed by atoms with Crippen LogP contribution in [0, 0.1) is 11.8 Å². The Bertz CT molecular complexity index is 157. The predicted molar refractivity (Wildman–Crippen MR) is 52.6 cm³/mol. The van der Waals surface area contributed by atoms with Gasteiger partial charge in [0, 0.05) is 12.5 Å². The smallest absolute Gasteiger partial charge is 0.161 e. The molecule has 0 amide bonds. The lowest BCUT2D eigenvalue weighted by Gasteiger charge is -2.09. The van der Waals surface area contributed by atoms with Crippen molar-refractivity contribution in [1.82, 2.24) is 0 Å². The van der Waals surface area contributed by atoms with Gasteiger partial charge in [0.05, 0.1) is 0 Å². The van der Waals surface area contributed by atoms with Crippen LogP contribution in [0.15, 0.2) is 0 Å². The zero-order chi connectivity index (χ0) is 9.68. The summed E-state index contributed by atoms with van der Waals surface area (Å²) in [6.45, 7) is 5.24. The molecule has 0 N–H and O–H groups in total. The Labute approximate surface area is 80.7 Å². The van der Waals surface area contributed by atoms with Gasteiger partial charge in [-0.2, -0.15) is 0 Å². The van der Waals surface area contributed by atoms with Gasteiger partial charge in [-0.15, -0.1) is 0 Å². The van der Waals surface area contributed by atoms with Crippen molar-refractivity contribution >= 4 is 5.78 Å². The number of ketones is 1. The van der Waals surface area contributed by atoms with E-state index in [-0.39, 0.29) is 0 Å². The van der Waals surface area contributed by atoms with E-state index in [1.165, 1.54) is 12.8 Å². The largest absolute Gasteiger partial charge is 0.373 e. The van der Waals surface area contributed by atoms with Crippen LogP contribution >= 0.6 is 0 Å². The summed E-state index contributed by atoms with van der Waals surface area (Å²) in [7, 11) is 0. The maximum Gasteiger partial charge on any atom is 0.161 e. The first-order valence-electron chi connectivity index (χ1n) is 5.30. The molecule has 0 unspecified atom stereocenters. The molecule has 1 saturated carbocycles. The Morgan fingerprint density at radius 1 is 1.38 bits per heavy atom. The van der Waals surface area contributed by atoms with E-state index in [0.717, 1.165) is 12.8 Å². The predicted octanol–water partition coefficient (Wildman–Crippen LogP) is 2.42. The summed E-state index contributed by atoms with van der Waals surface area (Å²) in [6, 6.07) is 0. The molecule has 1 aliphatic carbocycles. The highest BCUT2D eigenvalue weighted by Gasteiger charge is 2.22. The van der Waals surface area contributed by atoms with E-state index in [1.54, 1.807) is 0 Å². The zero-order valence-electron chi connectivity index (χ0n) is 8.71. The lowest BCUT2D eigenvalue weighted by atomic mass is 10.0. The van der Waals surface area contributed by atoms with Crippen LogP contribution in [0.2, 0.25) is 0 Å². The maximum absolute atomic E-state index is 11.5. The molecule has 2 heteroatoms. The van der Waals surface area contributed by atoms with E-state index in [0.29, 0.717) is 30.8 Å². The van der Waals surface area contributed by atoms with Crippen LogP contribution in [0.4, 0.5) is 0 Å². The topological polar surface area (TPSA) is 26.3 Å². The molecule has 0 bridgehead atoms. The van der Waals surface area contributed by atoms with Crippen molar-refractivity contribution in [2.75, 3.05) is 13.2 Å². The molecule has 0 radical (unpaired) electrons. The quantitative estimate of drug-likeness (QED) is 0.656. The third-order valence-corrected chi connectivity index (χ3v) is 2.51. The van der Waals surface area contributed by atoms with Gasteiger partial charge in [0.15, 0.2) is 5.78 Å². The van der Waals surface area contributed by atoms with Gasteiger partial charge in [-0.05, 0) is 18.8 Å². The van der Waals surface area contributed by atoms with Gasteiger partial charge < -0.3 is 4.74 Å². The Morgan fingerprint density at radius 3 is 2.54 bits per heavy atom. The van der Waals surface area contributed by atoms with E-state index in [2.05, 4.69) is 13.8 Å². The van der Waals surface area contributed by atoms with Crippen LogP contribution in [0.3, 0.4) is 0 Å². The molecule has 1 rings (SSSR count). The summed E-state index contributed by atoms with van der Waals surface area (Å²) >= 11 is 0. The molecule has 0 heterocycles. The average Bonchev–Trinajstić information content (AvgIpc) is 2.55. The van der Waals surface area contributed by atoms with Gasteiger partial charge in [0.25, 0.3) is 0 Å². The van der Waals surface area contributed by atoms with Crippen LogP contribution in [-0.2, 0) is 9.53 Å². The Hall–Kier alpha value is -0.370. The molecule has 0 aromatic rings. The summed E-state index contributed by atoms with van der Waals surface area (Å²) in [6.07, 6.45) is 4.62. The van der Waals surface area contributed by atoms with E-state index in [1.807, 2.05) is 0 Å². The number of hydrogen-bond donors (Lipinski definition) is 0. The van der Waals surface area contributed by atoms with Gasteiger partial charge in [-0.25, -0.2) is 0 Å². The minimum Gasteiger partial charge on any atom is -0.373 e. The minimum absolute atomic E-state index is 0.312. The van der Waals surface area contributed by atoms with Crippen molar-refractivity contribution in [2.45, 2.75) is 39.5 Å². The summed E-state index contributed by atoms with van der Waals surface area (Å²) in [5, 5.41) is 0. The molecule has 0 saturated heterocycles. The molecule has 2 nitrogen and oxygen atoms in total. The van der Waals surface area contributed by atoms with Crippen LogP contribution < -0.4 is 0 Å². The Balaban J connectivity index is 2.10. The molecular formula is C11H20O2. The van der Waals surface area contributed by atoms with Crippen LogP contribution in [-0.4, -0.2) is 19.0 Å². The number of carbonyl (C=O) groups excluding carboxylic acids is 1. The van der Waals surface area contributed by atoms with E-state index in [4.69, 9.17) is 4.74 Å². The Kier molecular flexibility index (Phi) is 4.43. The first kappa shape index (κ1) is 10.7. The number of carbonyl (C=O) groups is 1. The molecule has 1 fully saturated rings. The molecule has 0 aromatic heterocycles. The zero-order valence-corrected chi connectivity index (χ0v) is 8.71. The minimum atomic E-state index is 0.312. The van der Waals surface area contributed by atoms with Crippen LogP contribution in [0.5, 0.6) is 0 Å². The van der Waals surface area contributed by atoms with Gasteiger partial charge in [0.1, 0.15) is 6.61 Å². The molecule has 76 valence electrons. The summed E-state index contributed by atoms with van der Waals surface area (Å²) < 4.78 is 5.32.